The van der Waals surface area contributed by atoms with Crippen molar-refractivity contribution in [3.63, 3.8) is 0 Å². The summed E-state index contributed by atoms with van der Waals surface area (Å²) in [6, 6.07) is 19.5. The second-order valence-electron chi connectivity index (χ2n) is 9.50. The third-order valence-corrected chi connectivity index (χ3v) is 6.99. The van der Waals surface area contributed by atoms with Crippen LogP contribution >= 0.6 is 0 Å². The maximum atomic E-state index is 14.4. The average molecular weight is 512 g/mol. The topological polar surface area (TPSA) is 64.3 Å². The van der Waals surface area contributed by atoms with Crippen LogP contribution in [0.25, 0.3) is 28.1 Å². The Hall–Kier alpha value is -4.33. The van der Waals surface area contributed by atoms with Gasteiger partial charge < -0.3 is 14.6 Å². The summed E-state index contributed by atoms with van der Waals surface area (Å²) in [5.41, 5.74) is 4.92. The Morgan fingerprint density at radius 2 is 1.76 bits per heavy atom. The molecule has 0 saturated heterocycles. The number of rotatable bonds is 5. The third kappa shape index (κ3) is 4.58. The molecule has 0 radical (unpaired) electrons. The summed E-state index contributed by atoms with van der Waals surface area (Å²) in [5, 5.41) is 4.22. The minimum atomic E-state index is -0.905. The number of hydrogen-bond donors (Lipinski definition) is 1. The average Bonchev–Trinajstić information content (AvgIpc) is 2.94. The van der Waals surface area contributed by atoms with E-state index in [2.05, 4.69) is 10.3 Å². The molecule has 1 N–H and O–H groups in total. The van der Waals surface area contributed by atoms with Crippen molar-refractivity contribution in [1.82, 2.24) is 14.5 Å². The number of ether oxygens (including phenoxy) is 1. The van der Waals surface area contributed by atoms with Crippen LogP contribution in [0.3, 0.4) is 0 Å². The van der Waals surface area contributed by atoms with Gasteiger partial charge in [0, 0.05) is 18.0 Å². The molecule has 6 nitrogen and oxygen atoms in total. The summed E-state index contributed by atoms with van der Waals surface area (Å²) in [5.74, 6) is -1.32. The van der Waals surface area contributed by atoms with Gasteiger partial charge in [-0.2, -0.15) is 0 Å². The van der Waals surface area contributed by atoms with E-state index in [0.29, 0.717) is 22.9 Å². The van der Waals surface area contributed by atoms with Gasteiger partial charge in [-0.15, -0.1) is 0 Å². The predicted molar refractivity (Wildman–Crippen MR) is 144 cm³/mol. The van der Waals surface area contributed by atoms with Crippen LogP contribution in [0.4, 0.5) is 20.2 Å². The molecule has 3 aromatic rings. The van der Waals surface area contributed by atoms with E-state index in [1.54, 1.807) is 19.4 Å². The smallest absolute Gasteiger partial charge is 0.237 e. The molecule has 2 aliphatic carbocycles. The van der Waals surface area contributed by atoms with Crippen molar-refractivity contribution in [2.75, 3.05) is 12.4 Å². The molecule has 0 unspecified atom stereocenters. The number of nitrogens with zero attached hydrogens (tertiary/aromatic N) is 4. The molecule has 8 heteroatoms. The van der Waals surface area contributed by atoms with E-state index in [-0.39, 0.29) is 6.04 Å². The summed E-state index contributed by atoms with van der Waals surface area (Å²) < 4.78 is 35.6. The van der Waals surface area contributed by atoms with Crippen LogP contribution in [0.2, 0.25) is 0 Å². The number of fused-ring (bicyclic) bond motifs is 2. The summed E-state index contributed by atoms with van der Waals surface area (Å²) >= 11 is 0. The highest BCUT2D eigenvalue weighted by atomic mass is 19.2. The molecule has 0 amide bonds. The zero-order valence-electron chi connectivity index (χ0n) is 21.0. The number of hydrogen-bond acceptors (Lipinski definition) is 5. The Morgan fingerprint density at radius 1 is 0.921 bits per heavy atom. The Labute approximate surface area is 219 Å². The fraction of sp³-hybridized carbons (Fsp3) is 0.233. The van der Waals surface area contributed by atoms with Gasteiger partial charge >= 0.3 is 0 Å². The van der Waals surface area contributed by atoms with Crippen molar-refractivity contribution in [2.24, 2.45) is 4.99 Å². The van der Waals surface area contributed by atoms with Gasteiger partial charge in [-0.05, 0) is 61.4 Å². The molecule has 1 saturated carbocycles. The molecule has 6 rings (SSSR count). The molecule has 38 heavy (non-hydrogen) atoms. The minimum absolute atomic E-state index is 0.211. The normalized spacial score (nSPS) is 14.8. The largest absolute Gasteiger partial charge is 0.480 e. The number of nitrogens with one attached hydrogen (secondary N) is 1. The molecule has 0 spiro atoms. The minimum Gasteiger partial charge on any atom is -0.480 e. The van der Waals surface area contributed by atoms with Crippen LogP contribution in [0.15, 0.2) is 77.9 Å². The zero-order valence-corrected chi connectivity index (χ0v) is 21.0. The number of halogens is 2. The lowest BCUT2D eigenvalue weighted by molar-refractivity contribution is 0.400. The van der Waals surface area contributed by atoms with Crippen LogP contribution in [0, 0.1) is 11.6 Å². The van der Waals surface area contributed by atoms with Crippen molar-refractivity contribution in [3.8, 4) is 23.0 Å². The van der Waals surface area contributed by atoms with Gasteiger partial charge in [0.1, 0.15) is 5.69 Å². The molecule has 3 aliphatic rings. The van der Waals surface area contributed by atoms with Crippen LogP contribution < -0.4 is 15.4 Å². The van der Waals surface area contributed by atoms with Crippen molar-refractivity contribution in [3.05, 3.63) is 89.9 Å². The molecule has 1 fully saturated rings. The Balaban J connectivity index is 1.63. The van der Waals surface area contributed by atoms with Gasteiger partial charge in [-0.25, -0.2) is 18.7 Å². The number of methoxy groups -OCH3 is 1. The number of aromatic nitrogens is 3. The quantitative estimate of drug-likeness (QED) is 0.264. The molecular weight excluding hydrogens is 484 g/mol. The van der Waals surface area contributed by atoms with Crippen molar-refractivity contribution in [1.29, 1.82) is 0 Å². The summed E-state index contributed by atoms with van der Waals surface area (Å²) in [7, 11) is 1.58. The highest BCUT2D eigenvalue weighted by Crippen LogP contribution is 2.32. The molecule has 1 aliphatic heterocycles. The van der Waals surface area contributed by atoms with Crippen LogP contribution in [-0.2, 0) is 0 Å². The van der Waals surface area contributed by atoms with E-state index in [9.17, 15) is 8.78 Å². The Morgan fingerprint density at radius 3 is 2.58 bits per heavy atom. The molecule has 192 valence electrons. The lowest BCUT2D eigenvalue weighted by Gasteiger charge is -2.22. The fourth-order valence-corrected chi connectivity index (χ4v) is 5.15. The van der Waals surface area contributed by atoms with E-state index >= 15 is 0 Å². The lowest BCUT2D eigenvalue weighted by Crippen LogP contribution is -2.19. The number of pyridine rings is 1. The molecule has 2 aromatic carbocycles. The van der Waals surface area contributed by atoms with Crippen molar-refractivity contribution in [2.45, 2.75) is 38.1 Å². The molecular formula is C30H27F2N5O. The first-order valence-corrected chi connectivity index (χ1v) is 12.8. The zero-order chi connectivity index (χ0) is 26.1. The SMILES string of the molecule is COc1ncccc1Nc1cc2nc3ccccc3n(-c3ccc(F)c(F)c3)c-2cc1=NC1CCCCC1. The van der Waals surface area contributed by atoms with Crippen molar-refractivity contribution >= 4 is 22.4 Å². The van der Waals surface area contributed by atoms with Crippen LogP contribution in [-0.4, -0.2) is 27.7 Å². The fourth-order valence-electron chi connectivity index (χ4n) is 5.15. The third-order valence-electron chi connectivity index (χ3n) is 6.99. The van der Waals surface area contributed by atoms with Crippen LogP contribution in [0.5, 0.6) is 5.88 Å². The van der Waals surface area contributed by atoms with Gasteiger partial charge in [-0.3, -0.25) is 4.99 Å². The number of benzene rings is 3. The van der Waals surface area contributed by atoms with Gasteiger partial charge in [0.2, 0.25) is 5.88 Å². The lowest BCUT2D eigenvalue weighted by atomic mass is 9.96. The summed E-state index contributed by atoms with van der Waals surface area (Å²) in [6.07, 6.45) is 7.29. The number of para-hydroxylation sites is 2. The molecule has 0 bridgehead atoms. The summed E-state index contributed by atoms with van der Waals surface area (Å²) in [6.45, 7) is 0. The highest BCUT2D eigenvalue weighted by molar-refractivity contribution is 5.84. The molecule has 2 heterocycles. The second kappa shape index (κ2) is 10.2. The first-order chi connectivity index (χ1) is 18.6. The number of anilines is 2. The van der Waals surface area contributed by atoms with E-state index < -0.39 is 11.6 Å². The highest BCUT2D eigenvalue weighted by Gasteiger charge is 2.19. The standard InChI is InChI=1S/C30H27F2N5O/c1-38-30-24(11-7-15-33-30)36-25-17-27-29(18-26(25)34-19-8-3-2-4-9-19)37(20-13-14-21(31)22(32)16-20)28-12-6-5-10-23(28)35-27/h5-7,10-19,36H,2-4,8-9H2,1H3. The molecule has 1 aromatic heterocycles. The predicted octanol–water partition coefficient (Wildman–Crippen LogP) is 6.79. The maximum Gasteiger partial charge on any atom is 0.237 e. The van der Waals surface area contributed by atoms with E-state index in [0.717, 1.165) is 59.5 Å². The first kappa shape index (κ1) is 24.0. The summed E-state index contributed by atoms with van der Waals surface area (Å²) in [4.78, 5) is 14.4. The Bertz CT molecular complexity index is 1660. The van der Waals surface area contributed by atoms with Crippen molar-refractivity contribution < 1.29 is 13.5 Å². The molecule has 0 atom stereocenters. The van der Waals surface area contributed by atoms with E-state index in [4.69, 9.17) is 14.7 Å². The van der Waals surface area contributed by atoms with Gasteiger partial charge in [0.15, 0.2) is 11.6 Å². The van der Waals surface area contributed by atoms with Gasteiger partial charge in [0.05, 0.1) is 46.6 Å². The van der Waals surface area contributed by atoms with Gasteiger partial charge in [0.25, 0.3) is 0 Å². The monoisotopic (exact) mass is 511 g/mol. The Kier molecular flexibility index (Phi) is 6.45. The van der Waals surface area contributed by atoms with E-state index in [1.807, 2.05) is 53.1 Å². The van der Waals surface area contributed by atoms with Gasteiger partial charge in [-0.1, -0.05) is 31.4 Å². The van der Waals surface area contributed by atoms with Crippen LogP contribution in [0.1, 0.15) is 32.1 Å². The maximum absolute atomic E-state index is 14.4. The van der Waals surface area contributed by atoms with E-state index in [1.165, 1.54) is 12.5 Å². The second-order valence-corrected chi connectivity index (χ2v) is 9.50. The first-order valence-electron chi connectivity index (χ1n) is 12.8.